The summed E-state index contributed by atoms with van der Waals surface area (Å²) in [6, 6.07) is 11.7. The van der Waals surface area contributed by atoms with Gasteiger partial charge in [0.05, 0.1) is 20.1 Å². The topological polar surface area (TPSA) is 93.3 Å². The highest BCUT2D eigenvalue weighted by molar-refractivity contribution is 9.10. The fraction of sp³-hybridized carbons (Fsp3) is 0.150. The van der Waals surface area contributed by atoms with Crippen LogP contribution in [0.25, 0.3) is 10.9 Å². The van der Waals surface area contributed by atoms with Crippen LogP contribution >= 0.6 is 15.9 Å². The Bertz CT molecular complexity index is 1130. The number of fused-ring (bicyclic) bond motifs is 3. The SMILES string of the molecule is COc1cc(Br)c(C2C(C#N)=C(N)Oc3c2ccc2[nH]ccc32)cc1OC. The normalized spacial score (nSPS) is 15.9. The molecule has 2 aromatic carbocycles. The Morgan fingerprint density at radius 3 is 2.59 bits per heavy atom. The summed E-state index contributed by atoms with van der Waals surface area (Å²) in [5.74, 6) is 1.52. The molecule has 1 unspecified atom stereocenters. The maximum atomic E-state index is 9.76. The third-order valence-electron chi connectivity index (χ3n) is 4.73. The molecule has 0 aliphatic carbocycles. The molecule has 136 valence electrons. The van der Waals surface area contributed by atoms with Gasteiger partial charge in [0.2, 0.25) is 5.88 Å². The van der Waals surface area contributed by atoms with Crippen LogP contribution in [0.1, 0.15) is 17.0 Å². The number of nitrogens with two attached hydrogens (primary N) is 1. The third-order valence-corrected chi connectivity index (χ3v) is 5.41. The molecule has 0 saturated carbocycles. The lowest BCUT2D eigenvalue weighted by Crippen LogP contribution is -2.21. The van der Waals surface area contributed by atoms with E-state index >= 15 is 0 Å². The molecule has 1 aliphatic rings. The van der Waals surface area contributed by atoms with Gasteiger partial charge in [-0.15, -0.1) is 0 Å². The van der Waals surface area contributed by atoms with E-state index in [1.807, 2.05) is 36.5 Å². The Hall–Kier alpha value is -3.11. The monoisotopic (exact) mass is 425 g/mol. The second kappa shape index (κ2) is 6.56. The summed E-state index contributed by atoms with van der Waals surface area (Å²) in [6.45, 7) is 0. The first-order chi connectivity index (χ1) is 13.1. The van der Waals surface area contributed by atoms with Gasteiger partial charge in [-0.05, 0) is 29.8 Å². The number of methoxy groups -OCH3 is 2. The highest BCUT2D eigenvalue weighted by atomic mass is 79.9. The number of aromatic amines is 1. The van der Waals surface area contributed by atoms with Crippen molar-refractivity contribution in [3.63, 3.8) is 0 Å². The molecular formula is C20H16BrN3O3. The minimum absolute atomic E-state index is 0.102. The number of hydrogen-bond donors (Lipinski definition) is 2. The average Bonchev–Trinajstić information content (AvgIpc) is 3.16. The lowest BCUT2D eigenvalue weighted by molar-refractivity contribution is 0.354. The standard InChI is InChI=1S/C20H16BrN3O3/c1-25-16-7-12(14(21)8-17(16)26-2)18-11-3-4-15-10(5-6-24-15)19(11)27-20(23)13(18)9-22/h3-8,18,24H,23H2,1-2H3. The highest BCUT2D eigenvalue weighted by Gasteiger charge is 2.33. The molecule has 6 nitrogen and oxygen atoms in total. The van der Waals surface area contributed by atoms with Crippen LogP contribution in [0.5, 0.6) is 17.2 Å². The van der Waals surface area contributed by atoms with E-state index in [2.05, 4.69) is 27.0 Å². The van der Waals surface area contributed by atoms with Crippen molar-refractivity contribution in [2.45, 2.75) is 5.92 Å². The first-order valence-corrected chi connectivity index (χ1v) is 8.97. The predicted octanol–water partition coefficient (Wildman–Crippen LogP) is 4.17. The van der Waals surface area contributed by atoms with Crippen LogP contribution < -0.4 is 19.9 Å². The summed E-state index contributed by atoms with van der Waals surface area (Å²) in [7, 11) is 3.15. The van der Waals surface area contributed by atoms with E-state index < -0.39 is 5.92 Å². The van der Waals surface area contributed by atoms with E-state index in [1.54, 1.807) is 14.2 Å². The predicted molar refractivity (Wildman–Crippen MR) is 105 cm³/mol. The van der Waals surface area contributed by atoms with Gasteiger partial charge in [0.1, 0.15) is 17.4 Å². The molecule has 1 aromatic heterocycles. The number of nitriles is 1. The second-order valence-electron chi connectivity index (χ2n) is 6.08. The van der Waals surface area contributed by atoms with Crippen LogP contribution in [0.4, 0.5) is 0 Å². The molecule has 0 saturated heterocycles. The van der Waals surface area contributed by atoms with E-state index in [-0.39, 0.29) is 5.88 Å². The summed E-state index contributed by atoms with van der Waals surface area (Å²) < 4.78 is 17.4. The van der Waals surface area contributed by atoms with E-state index in [1.165, 1.54) is 0 Å². The van der Waals surface area contributed by atoms with Crippen molar-refractivity contribution in [2.24, 2.45) is 5.73 Å². The maximum Gasteiger partial charge on any atom is 0.205 e. The lowest BCUT2D eigenvalue weighted by Gasteiger charge is -2.28. The Morgan fingerprint density at radius 1 is 1.15 bits per heavy atom. The van der Waals surface area contributed by atoms with Crippen LogP contribution in [0, 0.1) is 11.3 Å². The van der Waals surface area contributed by atoms with Crippen LogP contribution in [-0.2, 0) is 0 Å². The number of ether oxygens (including phenoxy) is 3. The molecular weight excluding hydrogens is 410 g/mol. The molecule has 4 rings (SSSR count). The van der Waals surface area contributed by atoms with Crippen molar-refractivity contribution in [1.82, 2.24) is 4.98 Å². The Labute approximate surface area is 164 Å². The van der Waals surface area contributed by atoms with Crippen molar-refractivity contribution in [1.29, 1.82) is 5.26 Å². The lowest BCUT2D eigenvalue weighted by atomic mass is 9.83. The van der Waals surface area contributed by atoms with Gasteiger partial charge in [-0.3, -0.25) is 0 Å². The molecule has 7 heteroatoms. The van der Waals surface area contributed by atoms with Gasteiger partial charge in [0.25, 0.3) is 0 Å². The summed E-state index contributed by atoms with van der Waals surface area (Å²) in [6.07, 6.45) is 1.84. The highest BCUT2D eigenvalue weighted by Crippen LogP contribution is 2.48. The van der Waals surface area contributed by atoms with Crippen molar-refractivity contribution in [2.75, 3.05) is 14.2 Å². The summed E-state index contributed by atoms with van der Waals surface area (Å²) in [5, 5.41) is 10.7. The number of halogens is 1. The fourth-order valence-corrected chi connectivity index (χ4v) is 4.01. The summed E-state index contributed by atoms with van der Waals surface area (Å²) >= 11 is 3.60. The third kappa shape index (κ3) is 2.61. The second-order valence-corrected chi connectivity index (χ2v) is 6.93. The van der Waals surface area contributed by atoms with Crippen LogP contribution in [0.3, 0.4) is 0 Å². The molecule has 27 heavy (non-hydrogen) atoms. The van der Waals surface area contributed by atoms with Gasteiger partial charge in [-0.25, -0.2) is 0 Å². The van der Waals surface area contributed by atoms with E-state index in [0.29, 0.717) is 22.8 Å². The van der Waals surface area contributed by atoms with E-state index in [9.17, 15) is 5.26 Å². The minimum Gasteiger partial charge on any atom is -0.493 e. The van der Waals surface area contributed by atoms with Crippen LogP contribution in [-0.4, -0.2) is 19.2 Å². The first-order valence-electron chi connectivity index (χ1n) is 8.18. The van der Waals surface area contributed by atoms with E-state index in [0.717, 1.165) is 26.5 Å². The quantitative estimate of drug-likeness (QED) is 0.656. The van der Waals surface area contributed by atoms with Gasteiger partial charge >= 0.3 is 0 Å². The molecule has 0 amide bonds. The van der Waals surface area contributed by atoms with Gasteiger partial charge in [0.15, 0.2) is 11.5 Å². The number of aromatic nitrogens is 1. The van der Waals surface area contributed by atoms with E-state index in [4.69, 9.17) is 19.9 Å². The van der Waals surface area contributed by atoms with Gasteiger partial charge in [-0.2, -0.15) is 5.26 Å². The van der Waals surface area contributed by atoms with Crippen molar-refractivity contribution < 1.29 is 14.2 Å². The molecule has 0 radical (unpaired) electrons. The number of nitrogens with zero attached hydrogens (tertiary/aromatic N) is 1. The van der Waals surface area contributed by atoms with Crippen LogP contribution in [0.15, 0.2) is 52.5 Å². The zero-order valence-corrected chi connectivity index (χ0v) is 16.3. The largest absolute Gasteiger partial charge is 0.493 e. The maximum absolute atomic E-state index is 9.76. The zero-order valence-electron chi connectivity index (χ0n) is 14.7. The number of allylic oxidation sites excluding steroid dienone is 1. The molecule has 0 spiro atoms. The molecule has 2 heterocycles. The Morgan fingerprint density at radius 2 is 1.89 bits per heavy atom. The van der Waals surface area contributed by atoms with Crippen molar-refractivity contribution in [3.8, 4) is 23.3 Å². The molecule has 1 atom stereocenters. The first kappa shape index (κ1) is 17.3. The van der Waals surface area contributed by atoms with Crippen LogP contribution in [0.2, 0.25) is 0 Å². The Kier molecular flexibility index (Phi) is 4.21. The van der Waals surface area contributed by atoms with Gasteiger partial charge in [0, 0.05) is 27.1 Å². The fourth-order valence-electron chi connectivity index (χ4n) is 3.46. The molecule has 1 aliphatic heterocycles. The number of nitrogens with one attached hydrogen (secondary N) is 1. The number of rotatable bonds is 3. The number of hydrogen-bond acceptors (Lipinski definition) is 5. The number of H-pyrrole nitrogens is 1. The zero-order chi connectivity index (χ0) is 19.1. The summed E-state index contributed by atoms with van der Waals surface area (Å²) in [4.78, 5) is 3.16. The summed E-state index contributed by atoms with van der Waals surface area (Å²) in [5.41, 5.74) is 9.11. The average molecular weight is 426 g/mol. The van der Waals surface area contributed by atoms with Crippen molar-refractivity contribution in [3.05, 3.63) is 63.6 Å². The van der Waals surface area contributed by atoms with Gasteiger partial charge < -0.3 is 24.9 Å². The number of benzene rings is 2. The van der Waals surface area contributed by atoms with Crippen molar-refractivity contribution >= 4 is 26.8 Å². The smallest absolute Gasteiger partial charge is 0.205 e. The molecule has 3 aromatic rings. The van der Waals surface area contributed by atoms with Gasteiger partial charge in [-0.1, -0.05) is 22.0 Å². The molecule has 3 N–H and O–H groups in total. The molecule has 0 fully saturated rings. The Balaban J connectivity index is 2.01. The molecule has 0 bridgehead atoms. The minimum atomic E-state index is -0.396.